The van der Waals surface area contributed by atoms with Gasteiger partial charge < -0.3 is 10.3 Å². The number of amides is 1. The average Bonchev–Trinajstić information content (AvgIpc) is 3.03. The van der Waals surface area contributed by atoms with Crippen molar-refractivity contribution in [2.24, 2.45) is 7.05 Å². The van der Waals surface area contributed by atoms with Crippen LogP contribution in [0.25, 0.3) is 0 Å². The number of carbonyl (C=O) groups excluding carboxylic acids is 1. The SMILES string of the molecule is Cn1nccc1CNC(=O)C1Cc2nc[nH]c2CN1. The van der Waals surface area contributed by atoms with Gasteiger partial charge in [-0.15, -0.1) is 0 Å². The predicted octanol–water partition coefficient (Wildman–Crippen LogP) is -0.526. The first kappa shape index (κ1) is 11.9. The molecular weight excluding hydrogens is 244 g/mol. The van der Waals surface area contributed by atoms with E-state index in [1.54, 1.807) is 17.2 Å². The first-order valence-electron chi connectivity index (χ1n) is 6.23. The van der Waals surface area contributed by atoms with Crippen molar-refractivity contribution < 1.29 is 4.79 Å². The molecule has 0 saturated heterocycles. The van der Waals surface area contributed by atoms with Crippen molar-refractivity contribution in [1.82, 2.24) is 30.4 Å². The van der Waals surface area contributed by atoms with Crippen LogP contribution in [0.15, 0.2) is 18.6 Å². The molecule has 0 fully saturated rings. The van der Waals surface area contributed by atoms with Crippen LogP contribution in [0, 0.1) is 0 Å². The van der Waals surface area contributed by atoms with Crippen LogP contribution in [-0.4, -0.2) is 31.7 Å². The van der Waals surface area contributed by atoms with E-state index in [0.29, 0.717) is 19.5 Å². The molecule has 1 aliphatic heterocycles. The average molecular weight is 260 g/mol. The summed E-state index contributed by atoms with van der Waals surface area (Å²) in [5.74, 6) is -0.00477. The highest BCUT2D eigenvalue weighted by Gasteiger charge is 2.25. The zero-order valence-electron chi connectivity index (χ0n) is 10.7. The lowest BCUT2D eigenvalue weighted by Crippen LogP contribution is -2.47. The Labute approximate surface area is 110 Å². The number of nitrogens with zero attached hydrogens (tertiary/aromatic N) is 3. The van der Waals surface area contributed by atoms with Gasteiger partial charge in [0.05, 0.1) is 36.0 Å². The van der Waals surface area contributed by atoms with E-state index < -0.39 is 0 Å². The fourth-order valence-corrected chi connectivity index (χ4v) is 2.23. The minimum absolute atomic E-state index is 0.00477. The van der Waals surface area contributed by atoms with Crippen molar-refractivity contribution in [2.45, 2.75) is 25.6 Å². The van der Waals surface area contributed by atoms with Crippen LogP contribution in [0.2, 0.25) is 0 Å². The van der Waals surface area contributed by atoms with Gasteiger partial charge in [-0.1, -0.05) is 0 Å². The van der Waals surface area contributed by atoms with E-state index in [4.69, 9.17) is 0 Å². The summed E-state index contributed by atoms with van der Waals surface area (Å²) in [7, 11) is 1.86. The maximum atomic E-state index is 12.1. The van der Waals surface area contributed by atoms with Crippen molar-refractivity contribution in [3.8, 4) is 0 Å². The molecule has 1 aliphatic rings. The predicted molar refractivity (Wildman–Crippen MR) is 68.0 cm³/mol. The molecule has 3 rings (SSSR count). The van der Waals surface area contributed by atoms with E-state index in [0.717, 1.165) is 17.1 Å². The monoisotopic (exact) mass is 260 g/mol. The molecule has 19 heavy (non-hydrogen) atoms. The molecule has 7 heteroatoms. The Kier molecular flexibility index (Phi) is 3.04. The maximum Gasteiger partial charge on any atom is 0.237 e. The third kappa shape index (κ3) is 2.37. The number of aromatic nitrogens is 4. The van der Waals surface area contributed by atoms with Crippen LogP contribution in [0.4, 0.5) is 0 Å². The minimum atomic E-state index is -0.218. The minimum Gasteiger partial charge on any atom is -0.349 e. The molecule has 1 amide bonds. The Hall–Kier alpha value is -2.15. The summed E-state index contributed by atoms with van der Waals surface area (Å²) in [5.41, 5.74) is 3.01. The largest absolute Gasteiger partial charge is 0.349 e. The highest BCUT2D eigenvalue weighted by atomic mass is 16.2. The molecule has 0 saturated carbocycles. The molecule has 1 unspecified atom stereocenters. The highest BCUT2D eigenvalue weighted by Crippen LogP contribution is 2.12. The third-order valence-corrected chi connectivity index (χ3v) is 3.41. The number of rotatable bonds is 3. The molecule has 0 aromatic carbocycles. The molecule has 0 aliphatic carbocycles. The second-order valence-electron chi connectivity index (χ2n) is 4.63. The fraction of sp³-hybridized carbons (Fsp3) is 0.417. The number of aromatic amines is 1. The topological polar surface area (TPSA) is 87.6 Å². The van der Waals surface area contributed by atoms with Crippen molar-refractivity contribution >= 4 is 5.91 Å². The van der Waals surface area contributed by atoms with Crippen LogP contribution in [0.3, 0.4) is 0 Å². The van der Waals surface area contributed by atoms with E-state index >= 15 is 0 Å². The van der Waals surface area contributed by atoms with Gasteiger partial charge >= 0.3 is 0 Å². The van der Waals surface area contributed by atoms with Crippen molar-refractivity contribution in [2.75, 3.05) is 0 Å². The van der Waals surface area contributed by atoms with Crippen LogP contribution < -0.4 is 10.6 Å². The molecular formula is C12H16N6O. The van der Waals surface area contributed by atoms with Crippen LogP contribution in [0.1, 0.15) is 17.1 Å². The third-order valence-electron chi connectivity index (χ3n) is 3.41. The Morgan fingerprint density at radius 3 is 3.32 bits per heavy atom. The van der Waals surface area contributed by atoms with Gasteiger partial charge in [-0.3, -0.25) is 14.8 Å². The standard InChI is InChI=1S/C12H16N6O/c1-18-8(2-3-17-18)5-14-12(19)10-4-9-11(6-13-10)16-7-15-9/h2-3,7,10,13H,4-6H2,1H3,(H,14,19)(H,15,16). The van der Waals surface area contributed by atoms with Crippen molar-refractivity contribution in [3.05, 3.63) is 35.7 Å². The molecule has 1 atom stereocenters. The van der Waals surface area contributed by atoms with Gasteiger partial charge in [-0.25, -0.2) is 4.98 Å². The van der Waals surface area contributed by atoms with Gasteiger partial charge in [0.1, 0.15) is 0 Å². The number of hydrogen-bond acceptors (Lipinski definition) is 4. The summed E-state index contributed by atoms with van der Waals surface area (Å²) >= 11 is 0. The Morgan fingerprint density at radius 1 is 1.63 bits per heavy atom. The number of carbonyl (C=O) groups is 1. The lowest BCUT2D eigenvalue weighted by atomic mass is 10.0. The quantitative estimate of drug-likeness (QED) is 0.692. The molecule has 7 nitrogen and oxygen atoms in total. The van der Waals surface area contributed by atoms with Gasteiger partial charge in [0.25, 0.3) is 0 Å². The smallest absolute Gasteiger partial charge is 0.237 e. The van der Waals surface area contributed by atoms with E-state index in [-0.39, 0.29) is 11.9 Å². The molecule has 0 bridgehead atoms. The number of aryl methyl sites for hydroxylation is 1. The van der Waals surface area contributed by atoms with E-state index in [9.17, 15) is 4.79 Å². The van der Waals surface area contributed by atoms with E-state index in [1.807, 2.05) is 13.1 Å². The zero-order valence-corrected chi connectivity index (χ0v) is 10.7. The Balaban J connectivity index is 1.58. The second kappa shape index (κ2) is 4.85. The lowest BCUT2D eigenvalue weighted by molar-refractivity contribution is -0.123. The summed E-state index contributed by atoms with van der Waals surface area (Å²) in [6.45, 7) is 1.14. The van der Waals surface area contributed by atoms with Crippen molar-refractivity contribution in [3.63, 3.8) is 0 Å². The summed E-state index contributed by atoms with van der Waals surface area (Å²) in [6.07, 6.45) is 4.01. The van der Waals surface area contributed by atoms with E-state index in [2.05, 4.69) is 25.7 Å². The van der Waals surface area contributed by atoms with E-state index in [1.165, 1.54) is 0 Å². The van der Waals surface area contributed by atoms with Crippen LogP contribution in [0.5, 0.6) is 0 Å². The number of hydrogen-bond donors (Lipinski definition) is 3. The first-order valence-corrected chi connectivity index (χ1v) is 6.23. The fourth-order valence-electron chi connectivity index (χ4n) is 2.23. The number of fused-ring (bicyclic) bond motifs is 1. The van der Waals surface area contributed by atoms with Crippen LogP contribution in [-0.2, 0) is 31.4 Å². The maximum absolute atomic E-state index is 12.1. The molecule has 2 aromatic heterocycles. The van der Waals surface area contributed by atoms with Crippen LogP contribution >= 0.6 is 0 Å². The summed E-state index contributed by atoms with van der Waals surface area (Å²) in [6, 6.07) is 1.67. The van der Waals surface area contributed by atoms with Gasteiger partial charge in [-0.05, 0) is 6.07 Å². The molecule has 0 radical (unpaired) electrons. The lowest BCUT2D eigenvalue weighted by Gasteiger charge is -2.22. The molecule has 3 N–H and O–H groups in total. The highest BCUT2D eigenvalue weighted by molar-refractivity contribution is 5.82. The van der Waals surface area contributed by atoms with Gasteiger partial charge in [0, 0.05) is 26.2 Å². The first-order chi connectivity index (χ1) is 9.24. The normalized spacial score (nSPS) is 18.1. The Morgan fingerprint density at radius 2 is 2.53 bits per heavy atom. The second-order valence-corrected chi connectivity index (χ2v) is 4.63. The molecule has 2 aromatic rings. The van der Waals surface area contributed by atoms with Gasteiger partial charge in [0.2, 0.25) is 5.91 Å². The number of H-pyrrole nitrogens is 1. The van der Waals surface area contributed by atoms with Gasteiger partial charge in [-0.2, -0.15) is 5.10 Å². The molecule has 100 valence electrons. The summed E-state index contributed by atoms with van der Waals surface area (Å²) in [4.78, 5) is 19.4. The Bertz CT molecular complexity index is 587. The summed E-state index contributed by atoms with van der Waals surface area (Å²) in [5, 5.41) is 10.2. The summed E-state index contributed by atoms with van der Waals surface area (Å²) < 4.78 is 1.75. The van der Waals surface area contributed by atoms with Crippen molar-refractivity contribution in [1.29, 1.82) is 0 Å². The molecule has 3 heterocycles. The van der Waals surface area contributed by atoms with Gasteiger partial charge in [0.15, 0.2) is 0 Å². The number of imidazole rings is 1. The molecule has 0 spiro atoms. The zero-order chi connectivity index (χ0) is 13.2. The number of nitrogens with one attached hydrogen (secondary N) is 3.